The van der Waals surface area contributed by atoms with Gasteiger partial charge in [-0.3, -0.25) is 9.59 Å². The summed E-state index contributed by atoms with van der Waals surface area (Å²) in [6.07, 6.45) is 76.0. The van der Waals surface area contributed by atoms with Crippen LogP contribution >= 0.6 is 0 Å². The maximum absolute atomic E-state index is 13.1. The molecule has 6 N–H and O–H groups in total. The van der Waals surface area contributed by atoms with E-state index in [0.29, 0.717) is 19.4 Å². The van der Waals surface area contributed by atoms with Crippen LogP contribution < -0.4 is 5.32 Å². The van der Waals surface area contributed by atoms with Crippen molar-refractivity contribution in [3.8, 4) is 0 Å². The fourth-order valence-corrected chi connectivity index (χ4v) is 11.0. The summed E-state index contributed by atoms with van der Waals surface area (Å²) in [5.41, 5.74) is 0. The van der Waals surface area contributed by atoms with Crippen LogP contribution in [0, 0.1) is 0 Å². The third kappa shape index (κ3) is 51.9. The van der Waals surface area contributed by atoms with Crippen LogP contribution in [0.5, 0.6) is 0 Å². The lowest BCUT2D eigenvalue weighted by Crippen LogP contribution is -2.60. The van der Waals surface area contributed by atoms with Crippen LogP contribution in [0.4, 0.5) is 0 Å². The number of carbonyl (C=O) groups is 2. The molecule has 0 aromatic rings. The Morgan fingerprint density at radius 2 is 0.802 bits per heavy atom. The van der Waals surface area contributed by atoms with E-state index in [1.807, 2.05) is 6.08 Å². The molecule has 0 spiro atoms. The van der Waals surface area contributed by atoms with Gasteiger partial charge in [0, 0.05) is 12.8 Å². The van der Waals surface area contributed by atoms with Crippen LogP contribution in [-0.2, 0) is 23.8 Å². The van der Waals surface area contributed by atoms with Crippen LogP contribution in [-0.4, -0.2) is 100 Å². The molecule has 7 unspecified atom stereocenters. The molecule has 11 heteroatoms. The predicted molar refractivity (Wildman–Crippen MR) is 361 cm³/mol. The van der Waals surface area contributed by atoms with Gasteiger partial charge in [-0.2, -0.15) is 0 Å². The van der Waals surface area contributed by atoms with E-state index in [4.69, 9.17) is 14.2 Å². The van der Waals surface area contributed by atoms with Gasteiger partial charge in [-0.1, -0.05) is 286 Å². The van der Waals surface area contributed by atoms with Gasteiger partial charge in [0.2, 0.25) is 5.91 Å². The van der Waals surface area contributed by atoms with Crippen molar-refractivity contribution in [1.29, 1.82) is 0 Å². The van der Waals surface area contributed by atoms with Crippen LogP contribution in [0.3, 0.4) is 0 Å². The molecule has 0 aromatic heterocycles. The first-order valence-corrected chi connectivity index (χ1v) is 36.2. The minimum atomic E-state index is -1.58. The summed E-state index contributed by atoms with van der Waals surface area (Å²) >= 11 is 0. The summed E-state index contributed by atoms with van der Waals surface area (Å²) in [5.74, 6) is -0.204. The molecule has 0 radical (unpaired) electrons. The second-order valence-electron chi connectivity index (χ2n) is 24.9. The predicted octanol–water partition coefficient (Wildman–Crippen LogP) is 18.7. The molecule has 1 amide bonds. The lowest BCUT2D eigenvalue weighted by Gasteiger charge is -2.40. The fraction of sp³-hybridized carbons (Fsp3) is 0.813. The third-order valence-corrected chi connectivity index (χ3v) is 16.8. The Hall–Kier alpha value is -2.90. The zero-order chi connectivity index (χ0) is 62.3. The number of unbranched alkanes of at least 4 members (excludes halogenated alkanes) is 39. The summed E-state index contributed by atoms with van der Waals surface area (Å²) in [7, 11) is 0. The smallest absolute Gasteiger partial charge is 0.305 e. The van der Waals surface area contributed by atoms with E-state index in [1.54, 1.807) is 6.08 Å². The maximum atomic E-state index is 13.1. The minimum Gasteiger partial charge on any atom is -0.466 e. The first-order chi connectivity index (χ1) is 42.2. The molecule has 1 saturated heterocycles. The van der Waals surface area contributed by atoms with Crippen molar-refractivity contribution in [1.82, 2.24) is 5.32 Å². The van der Waals surface area contributed by atoms with Crippen LogP contribution in [0.25, 0.3) is 0 Å². The van der Waals surface area contributed by atoms with Gasteiger partial charge >= 0.3 is 5.97 Å². The van der Waals surface area contributed by atoms with Crippen LogP contribution in [0.1, 0.15) is 328 Å². The molecule has 1 rings (SSSR count). The van der Waals surface area contributed by atoms with Gasteiger partial charge in [0.15, 0.2) is 6.29 Å². The Kier molecular flexibility index (Phi) is 60.0. The van der Waals surface area contributed by atoms with Crippen molar-refractivity contribution in [2.24, 2.45) is 0 Å². The Morgan fingerprint density at radius 3 is 1.26 bits per heavy atom. The van der Waals surface area contributed by atoms with Gasteiger partial charge in [0.1, 0.15) is 24.4 Å². The van der Waals surface area contributed by atoms with E-state index in [0.717, 1.165) is 77.0 Å². The summed E-state index contributed by atoms with van der Waals surface area (Å²) < 4.78 is 16.7. The molecule has 1 aliphatic heterocycles. The van der Waals surface area contributed by atoms with E-state index in [2.05, 4.69) is 79.9 Å². The van der Waals surface area contributed by atoms with Crippen molar-refractivity contribution in [3.63, 3.8) is 0 Å². The Bertz CT molecular complexity index is 1660. The molecular weight excluding hydrogens is 1070 g/mol. The lowest BCUT2D eigenvalue weighted by molar-refractivity contribution is -0.302. The molecule has 0 aliphatic carbocycles. The first kappa shape index (κ1) is 81.1. The van der Waals surface area contributed by atoms with Gasteiger partial charge in [0.05, 0.1) is 32.0 Å². The third-order valence-electron chi connectivity index (χ3n) is 16.8. The summed E-state index contributed by atoms with van der Waals surface area (Å²) in [6, 6.07) is -0.830. The molecule has 11 nitrogen and oxygen atoms in total. The Labute approximate surface area is 528 Å². The average molecular weight is 1210 g/mol. The number of amides is 1. The summed E-state index contributed by atoms with van der Waals surface area (Å²) in [6.45, 7) is 4.30. The monoisotopic (exact) mass is 1210 g/mol. The van der Waals surface area contributed by atoms with E-state index in [1.165, 1.54) is 225 Å². The number of hydrogen-bond donors (Lipinski definition) is 6. The highest BCUT2D eigenvalue weighted by Gasteiger charge is 2.44. The normalized spacial score (nSPS) is 18.3. The van der Waals surface area contributed by atoms with Crippen molar-refractivity contribution in [2.45, 2.75) is 371 Å². The molecular formula is C75H135NO10. The standard InChI is InChI=1S/C75H135NO10/c1-3-5-7-9-11-13-15-17-34-37-41-45-49-53-57-61-68(78)67(66-85-75-74(83)73(82)72(81)69(65-77)86-75)76-70(79)62-58-54-50-46-42-38-35-32-30-28-26-24-22-20-19-21-23-25-27-29-31-33-36-40-44-48-52-56-60-64-84-71(80)63-59-55-51-47-43-39-18-16-14-12-10-8-6-4-2/h10,12,16,18-19,21,25,27,41,45,57,61,67-69,72-75,77-78,81-83H,3-9,11,13-15,17,20,22-24,26,28-40,42-44,46-56,58-60,62-66H2,1-2H3,(H,76,79)/b12-10-,18-16-,21-19-,27-25-,45-41+,61-57+. The highest BCUT2D eigenvalue weighted by molar-refractivity contribution is 5.76. The largest absolute Gasteiger partial charge is 0.466 e. The zero-order valence-electron chi connectivity index (χ0n) is 55.5. The van der Waals surface area contributed by atoms with E-state index in [9.17, 15) is 35.1 Å². The molecule has 86 heavy (non-hydrogen) atoms. The number of ether oxygens (including phenoxy) is 3. The molecule has 0 aromatic carbocycles. The van der Waals surface area contributed by atoms with Crippen molar-refractivity contribution in [2.75, 3.05) is 19.8 Å². The van der Waals surface area contributed by atoms with E-state index < -0.39 is 49.5 Å². The minimum absolute atomic E-state index is 0.0120. The number of rotatable bonds is 63. The quantitative estimate of drug-likeness (QED) is 0.0195. The fourth-order valence-electron chi connectivity index (χ4n) is 11.0. The van der Waals surface area contributed by atoms with Crippen molar-refractivity contribution in [3.05, 3.63) is 72.9 Å². The number of aliphatic hydroxyl groups excluding tert-OH is 5. The Balaban J connectivity index is 2.01. The van der Waals surface area contributed by atoms with Gasteiger partial charge in [-0.05, 0) is 103 Å². The number of aliphatic hydroxyl groups is 5. The average Bonchev–Trinajstić information content (AvgIpc) is 2.68. The second-order valence-corrected chi connectivity index (χ2v) is 24.9. The van der Waals surface area contributed by atoms with Gasteiger partial charge in [-0.25, -0.2) is 0 Å². The number of nitrogens with one attached hydrogen (secondary N) is 1. The Morgan fingerprint density at radius 1 is 0.430 bits per heavy atom. The molecule has 500 valence electrons. The van der Waals surface area contributed by atoms with Crippen molar-refractivity contribution < 1.29 is 49.3 Å². The highest BCUT2D eigenvalue weighted by atomic mass is 16.7. The number of esters is 1. The van der Waals surface area contributed by atoms with Crippen molar-refractivity contribution >= 4 is 11.9 Å². The molecule has 1 fully saturated rings. The molecule has 1 heterocycles. The number of allylic oxidation sites excluding steroid dienone is 11. The van der Waals surface area contributed by atoms with Crippen LogP contribution in [0.15, 0.2) is 72.9 Å². The molecule has 0 saturated carbocycles. The molecule has 0 bridgehead atoms. The topological polar surface area (TPSA) is 175 Å². The van der Waals surface area contributed by atoms with Gasteiger partial charge in [-0.15, -0.1) is 0 Å². The van der Waals surface area contributed by atoms with Gasteiger partial charge in [0.25, 0.3) is 0 Å². The zero-order valence-corrected chi connectivity index (χ0v) is 55.5. The SMILES string of the molecule is CCCC/C=C\C/C=C\CCCCCCCC(=O)OCCCCCCCCCCC/C=C\C/C=C\CCCCCCCCCCCCCCCC(=O)NC(COC1OC(CO)C(O)C(O)C1O)C(O)/C=C/CC/C=C/CCCCCCCCCCC. The van der Waals surface area contributed by atoms with Gasteiger partial charge < -0.3 is 45.1 Å². The van der Waals surface area contributed by atoms with Crippen LogP contribution in [0.2, 0.25) is 0 Å². The lowest BCUT2D eigenvalue weighted by atomic mass is 9.99. The summed E-state index contributed by atoms with van der Waals surface area (Å²) in [5, 5.41) is 54.5. The second kappa shape index (κ2) is 63.7. The maximum Gasteiger partial charge on any atom is 0.305 e. The molecule has 1 aliphatic rings. The highest BCUT2D eigenvalue weighted by Crippen LogP contribution is 2.23. The summed E-state index contributed by atoms with van der Waals surface area (Å²) in [4.78, 5) is 25.1. The van der Waals surface area contributed by atoms with E-state index >= 15 is 0 Å². The number of hydrogen-bond acceptors (Lipinski definition) is 10. The first-order valence-electron chi connectivity index (χ1n) is 36.2. The molecule has 7 atom stereocenters. The number of carbonyl (C=O) groups excluding carboxylic acids is 2. The van der Waals surface area contributed by atoms with E-state index in [-0.39, 0.29) is 18.5 Å².